The molecule has 0 fully saturated rings. The van der Waals surface area contributed by atoms with Crippen molar-refractivity contribution in [2.24, 2.45) is 0 Å². The Labute approximate surface area is 145 Å². The molecule has 0 saturated heterocycles. The van der Waals surface area contributed by atoms with Crippen LogP contribution in [-0.2, 0) is 11.3 Å². The van der Waals surface area contributed by atoms with Crippen LogP contribution in [0, 0.1) is 0 Å². The van der Waals surface area contributed by atoms with E-state index in [-0.39, 0.29) is 12.5 Å². The number of hydrogen-bond acceptors (Lipinski definition) is 3. The Bertz CT molecular complexity index is 674. The molecule has 0 bridgehead atoms. The fraction of sp³-hybridized carbons (Fsp3) is 0.235. The van der Waals surface area contributed by atoms with Crippen LogP contribution in [0.25, 0.3) is 0 Å². The van der Waals surface area contributed by atoms with E-state index >= 15 is 0 Å². The van der Waals surface area contributed by atoms with Crippen molar-refractivity contribution in [3.05, 3.63) is 58.1 Å². The van der Waals surface area contributed by atoms with E-state index in [0.717, 1.165) is 11.3 Å². The second-order valence-corrected chi connectivity index (χ2v) is 5.80. The second kappa shape index (κ2) is 8.09. The lowest BCUT2D eigenvalue weighted by Gasteiger charge is -2.18. The van der Waals surface area contributed by atoms with Gasteiger partial charge in [-0.3, -0.25) is 4.79 Å². The number of carbonyl (C=O) groups is 1. The number of rotatable bonds is 6. The molecule has 0 unspecified atom stereocenters. The lowest BCUT2D eigenvalue weighted by molar-refractivity contribution is -0.132. The van der Waals surface area contributed by atoms with E-state index < -0.39 is 0 Å². The topological polar surface area (TPSA) is 38.8 Å². The van der Waals surface area contributed by atoms with E-state index in [1.54, 1.807) is 37.3 Å². The molecular weight excluding hydrogens is 337 g/mol. The van der Waals surface area contributed by atoms with Gasteiger partial charge in [0.25, 0.3) is 5.91 Å². The zero-order chi connectivity index (χ0) is 16.8. The van der Waals surface area contributed by atoms with Crippen molar-refractivity contribution >= 4 is 29.1 Å². The highest BCUT2D eigenvalue weighted by Gasteiger charge is 2.12. The fourth-order valence-electron chi connectivity index (χ4n) is 1.93. The van der Waals surface area contributed by atoms with Crippen LogP contribution in [-0.4, -0.2) is 31.6 Å². The van der Waals surface area contributed by atoms with Crippen LogP contribution in [0.2, 0.25) is 10.0 Å². The monoisotopic (exact) mass is 353 g/mol. The molecule has 0 aliphatic carbocycles. The normalized spacial score (nSPS) is 10.3. The molecule has 4 nitrogen and oxygen atoms in total. The van der Waals surface area contributed by atoms with Crippen LogP contribution >= 0.6 is 23.2 Å². The Morgan fingerprint density at radius 2 is 1.83 bits per heavy atom. The first-order valence-corrected chi connectivity index (χ1v) is 7.70. The number of nitrogens with zero attached hydrogens (tertiary/aromatic N) is 1. The number of amides is 1. The van der Waals surface area contributed by atoms with Crippen LogP contribution in [0.1, 0.15) is 5.56 Å². The largest absolute Gasteiger partial charge is 0.497 e. The summed E-state index contributed by atoms with van der Waals surface area (Å²) in [6.45, 7) is 0.377. The lowest BCUT2D eigenvalue weighted by atomic mass is 10.2. The highest BCUT2D eigenvalue weighted by atomic mass is 35.5. The van der Waals surface area contributed by atoms with E-state index in [9.17, 15) is 4.79 Å². The average molecular weight is 354 g/mol. The summed E-state index contributed by atoms with van der Waals surface area (Å²) in [5.74, 6) is 1.02. The smallest absolute Gasteiger partial charge is 0.260 e. The van der Waals surface area contributed by atoms with Gasteiger partial charge in [0.05, 0.1) is 12.1 Å². The fourth-order valence-corrected chi connectivity index (χ4v) is 2.26. The van der Waals surface area contributed by atoms with E-state index in [1.807, 2.05) is 24.3 Å². The van der Waals surface area contributed by atoms with Crippen molar-refractivity contribution in [1.82, 2.24) is 4.90 Å². The summed E-state index contributed by atoms with van der Waals surface area (Å²) in [7, 11) is 3.33. The Hall–Kier alpha value is -1.91. The van der Waals surface area contributed by atoms with Crippen LogP contribution in [0.15, 0.2) is 42.5 Å². The van der Waals surface area contributed by atoms with Gasteiger partial charge in [0.15, 0.2) is 6.61 Å². The van der Waals surface area contributed by atoms with E-state index in [0.29, 0.717) is 22.3 Å². The molecular formula is C17H17Cl2NO3. The number of ether oxygens (including phenoxy) is 2. The number of halogens is 2. The third-order valence-electron chi connectivity index (χ3n) is 3.25. The molecule has 0 radical (unpaired) electrons. The zero-order valence-electron chi connectivity index (χ0n) is 12.9. The minimum absolute atomic E-state index is 0.104. The van der Waals surface area contributed by atoms with Crippen molar-refractivity contribution in [1.29, 1.82) is 0 Å². The molecule has 0 atom stereocenters. The zero-order valence-corrected chi connectivity index (χ0v) is 14.4. The predicted molar refractivity (Wildman–Crippen MR) is 91.4 cm³/mol. The molecule has 2 aromatic rings. The third-order valence-corrected chi connectivity index (χ3v) is 3.80. The van der Waals surface area contributed by atoms with E-state index in [4.69, 9.17) is 32.7 Å². The van der Waals surface area contributed by atoms with Gasteiger partial charge in [-0.05, 0) is 29.8 Å². The van der Waals surface area contributed by atoms with Gasteiger partial charge in [0, 0.05) is 24.7 Å². The molecule has 0 aliphatic rings. The van der Waals surface area contributed by atoms with Crippen molar-refractivity contribution in [3.63, 3.8) is 0 Å². The molecule has 0 aliphatic heterocycles. The summed E-state index contributed by atoms with van der Waals surface area (Å²) in [4.78, 5) is 13.7. The number of likely N-dealkylation sites (N-methyl/N-ethyl adjacent to an activating group) is 1. The van der Waals surface area contributed by atoms with Gasteiger partial charge in [-0.1, -0.05) is 35.3 Å². The van der Waals surface area contributed by atoms with Gasteiger partial charge in [-0.25, -0.2) is 0 Å². The molecule has 23 heavy (non-hydrogen) atoms. The van der Waals surface area contributed by atoms with Gasteiger partial charge in [-0.15, -0.1) is 0 Å². The molecule has 0 aromatic heterocycles. The predicted octanol–water partition coefficient (Wildman–Crippen LogP) is 4.04. The first kappa shape index (κ1) is 17.4. The van der Waals surface area contributed by atoms with Gasteiger partial charge >= 0.3 is 0 Å². The first-order chi connectivity index (χ1) is 11.0. The number of methoxy groups -OCH3 is 1. The number of benzene rings is 2. The van der Waals surface area contributed by atoms with E-state index in [2.05, 4.69) is 0 Å². The molecule has 0 spiro atoms. The Balaban J connectivity index is 1.90. The van der Waals surface area contributed by atoms with Gasteiger partial charge in [0.2, 0.25) is 0 Å². The highest BCUT2D eigenvalue weighted by molar-refractivity contribution is 6.34. The first-order valence-electron chi connectivity index (χ1n) is 6.94. The summed E-state index contributed by atoms with van der Waals surface area (Å²) >= 11 is 11.9. The van der Waals surface area contributed by atoms with Crippen LogP contribution in [0.3, 0.4) is 0 Å². The number of hydrogen-bond donors (Lipinski definition) is 0. The summed E-state index contributed by atoms with van der Waals surface area (Å²) in [6, 6.07) is 12.4. The van der Waals surface area contributed by atoms with E-state index in [1.165, 1.54) is 0 Å². The third kappa shape index (κ3) is 5.05. The molecule has 122 valence electrons. The van der Waals surface area contributed by atoms with Crippen LogP contribution in [0.5, 0.6) is 11.5 Å². The Morgan fingerprint density at radius 1 is 1.13 bits per heavy atom. The van der Waals surface area contributed by atoms with Gasteiger partial charge in [-0.2, -0.15) is 0 Å². The molecule has 1 amide bonds. The van der Waals surface area contributed by atoms with Crippen LogP contribution < -0.4 is 9.47 Å². The summed E-state index contributed by atoms with van der Waals surface area (Å²) in [5, 5.41) is 0.920. The SMILES string of the molecule is COc1ccc(CN(C)C(=O)COc2cc(Cl)ccc2Cl)cc1. The standard InChI is InChI=1S/C17H17Cl2NO3/c1-20(10-12-3-6-14(22-2)7-4-12)17(21)11-23-16-9-13(18)5-8-15(16)19/h3-9H,10-11H2,1-2H3. The lowest BCUT2D eigenvalue weighted by Crippen LogP contribution is -2.30. The Kier molecular flexibility index (Phi) is 6.13. The summed E-state index contributed by atoms with van der Waals surface area (Å²) < 4.78 is 10.6. The average Bonchev–Trinajstić information content (AvgIpc) is 2.56. The van der Waals surface area contributed by atoms with Crippen molar-refractivity contribution in [2.45, 2.75) is 6.54 Å². The quantitative estimate of drug-likeness (QED) is 0.786. The maximum atomic E-state index is 12.1. The van der Waals surface area contributed by atoms with Gasteiger partial charge in [0.1, 0.15) is 11.5 Å². The maximum absolute atomic E-state index is 12.1. The number of carbonyl (C=O) groups excluding carboxylic acids is 1. The molecule has 0 saturated carbocycles. The molecule has 6 heteroatoms. The molecule has 0 heterocycles. The summed E-state index contributed by atoms with van der Waals surface area (Å²) in [6.07, 6.45) is 0. The molecule has 0 N–H and O–H groups in total. The maximum Gasteiger partial charge on any atom is 0.260 e. The minimum Gasteiger partial charge on any atom is -0.497 e. The van der Waals surface area contributed by atoms with Crippen molar-refractivity contribution in [2.75, 3.05) is 20.8 Å². The minimum atomic E-state index is -0.156. The van der Waals surface area contributed by atoms with Crippen molar-refractivity contribution < 1.29 is 14.3 Å². The van der Waals surface area contributed by atoms with Gasteiger partial charge < -0.3 is 14.4 Å². The second-order valence-electron chi connectivity index (χ2n) is 4.96. The highest BCUT2D eigenvalue weighted by Crippen LogP contribution is 2.27. The van der Waals surface area contributed by atoms with Crippen molar-refractivity contribution in [3.8, 4) is 11.5 Å². The Morgan fingerprint density at radius 3 is 2.48 bits per heavy atom. The molecule has 2 rings (SSSR count). The molecule has 2 aromatic carbocycles. The summed E-state index contributed by atoms with van der Waals surface area (Å²) in [5.41, 5.74) is 1.00. The van der Waals surface area contributed by atoms with Crippen LogP contribution in [0.4, 0.5) is 0 Å².